The summed E-state index contributed by atoms with van der Waals surface area (Å²) in [7, 11) is 1.39. The van der Waals surface area contributed by atoms with Crippen molar-refractivity contribution in [2.75, 3.05) is 17.3 Å². The molecule has 2 atom stereocenters. The van der Waals surface area contributed by atoms with Crippen molar-refractivity contribution in [2.24, 2.45) is 0 Å². The zero-order chi connectivity index (χ0) is 18.1. The molecule has 0 saturated carbocycles. The first kappa shape index (κ1) is 17.4. The molecule has 0 unspecified atom stereocenters. The molecule has 0 bridgehead atoms. The lowest BCUT2D eigenvalue weighted by atomic mass is 9.92. The third-order valence-electron chi connectivity index (χ3n) is 4.37. The number of ketones is 1. The smallest absolute Gasteiger partial charge is 0.414 e. The Balaban J connectivity index is 1.94. The number of nitrogens with one attached hydrogen (secondary N) is 1. The second kappa shape index (κ2) is 6.84. The average molecular weight is 359 g/mol. The summed E-state index contributed by atoms with van der Waals surface area (Å²) < 4.78 is 4.93. The lowest BCUT2D eigenvalue weighted by Crippen LogP contribution is -2.44. The van der Waals surface area contributed by atoms with Crippen molar-refractivity contribution in [3.05, 3.63) is 40.4 Å². The van der Waals surface area contributed by atoms with Gasteiger partial charge in [-0.1, -0.05) is 29.5 Å². The van der Waals surface area contributed by atoms with E-state index in [1.54, 1.807) is 11.8 Å². The number of benzene rings is 1. The van der Waals surface area contributed by atoms with E-state index in [0.717, 1.165) is 28.5 Å². The zero-order valence-corrected chi connectivity index (χ0v) is 15.5. The van der Waals surface area contributed by atoms with E-state index in [4.69, 9.17) is 4.74 Å². The second-order valence-corrected chi connectivity index (χ2v) is 7.17. The number of carbonyl (C=O) groups is 2. The molecule has 0 fully saturated rings. The summed E-state index contributed by atoms with van der Waals surface area (Å²) in [5.74, 6) is 0.0253. The molecule has 0 spiro atoms. The monoisotopic (exact) mass is 359 g/mol. The molecule has 0 radical (unpaired) electrons. The number of aryl methyl sites for hydroxylation is 1. The lowest BCUT2D eigenvalue weighted by Gasteiger charge is -2.38. The van der Waals surface area contributed by atoms with Crippen LogP contribution in [0.1, 0.15) is 47.2 Å². The molecule has 1 aromatic carbocycles. The summed E-state index contributed by atoms with van der Waals surface area (Å²) in [6.45, 7) is 5.39. The highest BCUT2D eigenvalue weighted by molar-refractivity contribution is 7.17. The van der Waals surface area contributed by atoms with E-state index in [1.165, 1.54) is 18.4 Å². The summed E-state index contributed by atoms with van der Waals surface area (Å²) >= 11 is 1.37. The largest absolute Gasteiger partial charge is 0.452 e. The highest BCUT2D eigenvalue weighted by Gasteiger charge is 2.34. The van der Waals surface area contributed by atoms with Gasteiger partial charge in [-0.05, 0) is 31.9 Å². The number of aromatic nitrogens is 1. The standard InChI is InChI=1S/C18H21N3O3S/c1-10-9-14(20-17-19-11(2)16(25-17)12(3)22)13-7-5-6-8-15(13)21(10)18(23)24-4/h5-8,10,14H,9H2,1-4H3,(H,19,20)/t10-,14+/m1/s1. The number of hydrogen-bond donors (Lipinski definition) is 1. The number of thiazole rings is 1. The Morgan fingerprint density at radius 2 is 2.08 bits per heavy atom. The van der Waals surface area contributed by atoms with Crippen LogP contribution in [-0.2, 0) is 4.74 Å². The molecule has 1 amide bonds. The van der Waals surface area contributed by atoms with Gasteiger partial charge in [0, 0.05) is 13.0 Å². The summed E-state index contributed by atoms with van der Waals surface area (Å²) in [6.07, 6.45) is 0.363. The summed E-state index contributed by atoms with van der Waals surface area (Å²) in [4.78, 5) is 30.7. The minimum absolute atomic E-state index is 0.0115. The number of ether oxygens (including phenoxy) is 1. The van der Waals surface area contributed by atoms with Crippen molar-refractivity contribution in [1.82, 2.24) is 4.98 Å². The van der Waals surface area contributed by atoms with E-state index in [-0.39, 0.29) is 24.0 Å². The molecular weight excluding hydrogens is 338 g/mol. The van der Waals surface area contributed by atoms with Crippen molar-refractivity contribution in [2.45, 2.75) is 39.3 Å². The quantitative estimate of drug-likeness (QED) is 0.833. The molecule has 2 aromatic rings. The Morgan fingerprint density at radius 1 is 1.36 bits per heavy atom. The zero-order valence-electron chi connectivity index (χ0n) is 14.7. The van der Waals surface area contributed by atoms with E-state index >= 15 is 0 Å². The Bertz CT molecular complexity index is 818. The molecule has 132 valence electrons. The van der Waals surface area contributed by atoms with Crippen molar-refractivity contribution in [3.8, 4) is 0 Å². The molecule has 1 aliphatic heterocycles. The minimum Gasteiger partial charge on any atom is -0.452 e. The highest BCUT2D eigenvalue weighted by Crippen LogP contribution is 2.39. The molecule has 1 aromatic heterocycles. The number of Topliss-reactive ketones (excluding diaryl/α,β-unsaturated/α-hetero) is 1. The third kappa shape index (κ3) is 3.24. The highest BCUT2D eigenvalue weighted by atomic mass is 32.1. The normalized spacial score (nSPS) is 19.3. The number of rotatable bonds is 3. The summed E-state index contributed by atoms with van der Waals surface area (Å²) in [6, 6.07) is 7.77. The molecule has 1 N–H and O–H groups in total. The van der Waals surface area contributed by atoms with E-state index < -0.39 is 0 Å². The number of carbonyl (C=O) groups excluding carboxylic acids is 2. The van der Waals surface area contributed by atoms with Gasteiger partial charge < -0.3 is 10.1 Å². The van der Waals surface area contributed by atoms with Crippen LogP contribution in [0.5, 0.6) is 0 Å². The van der Waals surface area contributed by atoms with Crippen LogP contribution in [0.2, 0.25) is 0 Å². The van der Waals surface area contributed by atoms with Gasteiger partial charge in [-0.3, -0.25) is 9.69 Å². The minimum atomic E-state index is -0.359. The van der Waals surface area contributed by atoms with Gasteiger partial charge in [0.05, 0.1) is 29.4 Å². The Morgan fingerprint density at radius 3 is 2.72 bits per heavy atom. The topological polar surface area (TPSA) is 71.5 Å². The van der Waals surface area contributed by atoms with Crippen molar-refractivity contribution in [3.63, 3.8) is 0 Å². The maximum absolute atomic E-state index is 12.2. The fourth-order valence-electron chi connectivity index (χ4n) is 3.26. The fourth-order valence-corrected chi connectivity index (χ4v) is 4.17. The van der Waals surface area contributed by atoms with Crippen molar-refractivity contribution in [1.29, 1.82) is 0 Å². The van der Waals surface area contributed by atoms with Gasteiger partial charge >= 0.3 is 6.09 Å². The van der Waals surface area contributed by atoms with Gasteiger partial charge in [-0.25, -0.2) is 9.78 Å². The summed E-state index contributed by atoms with van der Waals surface area (Å²) in [5, 5.41) is 4.16. The predicted octanol–water partition coefficient (Wildman–Crippen LogP) is 4.17. The Kier molecular flexibility index (Phi) is 4.76. The van der Waals surface area contributed by atoms with Gasteiger partial charge in [0.25, 0.3) is 0 Å². The van der Waals surface area contributed by atoms with Crippen molar-refractivity contribution < 1.29 is 14.3 Å². The van der Waals surface area contributed by atoms with Gasteiger partial charge in [-0.15, -0.1) is 0 Å². The molecule has 6 nitrogen and oxygen atoms in total. The van der Waals surface area contributed by atoms with E-state index in [0.29, 0.717) is 4.88 Å². The maximum Gasteiger partial charge on any atom is 0.414 e. The molecule has 0 saturated heterocycles. The van der Waals surface area contributed by atoms with Crippen LogP contribution in [-0.4, -0.2) is 30.0 Å². The van der Waals surface area contributed by atoms with E-state index in [9.17, 15) is 9.59 Å². The van der Waals surface area contributed by atoms with Crippen LogP contribution in [0, 0.1) is 6.92 Å². The van der Waals surface area contributed by atoms with Gasteiger partial charge in [0.1, 0.15) is 0 Å². The van der Waals surface area contributed by atoms with Crippen LogP contribution in [0.15, 0.2) is 24.3 Å². The first-order chi connectivity index (χ1) is 11.9. The molecule has 2 heterocycles. The molecular formula is C18H21N3O3S. The lowest BCUT2D eigenvalue weighted by molar-refractivity contribution is 0.102. The third-order valence-corrected chi connectivity index (χ3v) is 5.56. The van der Waals surface area contributed by atoms with Gasteiger partial charge in [0.2, 0.25) is 0 Å². The molecule has 7 heteroatoms. The number of methoxy groups -OCH3 is 1. The maximum atomic E-state index is 12.2. The summed E-state index contributed by atoms with van der Waals surface area (Å²) in [5.41, 5.74) is 2.60. The number of nitrogens with zero attached hydrogens (tertiary/aromatic N) is 2. The van der Waals surface area contributed by atoms with Crippen LogP contribution < -0.4 is 10.2 Å². The second-order valence-electron chi connectivity index (χ2n) is 6.17. The fraction of sp³-hybridized carbons (Fsp3) is 0.389. The average Bonchev–Trinajstić information content (AvgIpc) is 2.95. The molecule has 1 aliphatic rings. The van der Waals surface area contributed by atoms with Crippen molar-refractivity contribution >= 4 is 34.0 Å². The van der Waals surface area contributed by atoms with Crippen LogP contribution in [0.3, 0.4) is 0 Å². The molecule has 25 heavy (non-hydrogen) atoms. The van der Waals surface area contributed by atoms with Crippen LogP contribution in [0.4, 0.5) is 15.6 Å². The molecule has 3 rings (SSSR count). The number of para-hydroxylation sites is 1. The number of hydrogen-bond acceptors (Lipinski definition) is 6. The van der Waals surface area contributed by atoms with Crippen LogP contribution >= 0.6 is 11.3 Å². The Hall–Kier alpha value is -2.41. The first-order valence-electron chi connectivity index (χ1n) is 8.13. The van der Waals surface area contributed by atoms with Gasteiger partial charge in [0.15, 0.2) is 10.9 Å². The van der Waals surface area contributed by atoms with E-state index in [1.807, 2.05) is 38.1 Å². The molecule has 0 aliphatic carbocycles. The Labute approximate surface area is 150 Å². The predicted molar refractivity (Wildman–Crippen MR) is 98.6 cm³/mol. The number of amides is 1. The number of fused-ring (bicyclic) bond motifs is 1. The number of anilines is 2. The SMILES string of the molecule is COC(=O)N1c2ccccc2[C@@H](Nc2nc(C)c(C(C)=O)s2)C[C@H]1C. The van der Waals surface area contributed by atoms with E-state index in [2.05, 4.69) is 10.3 Å². The van der Waals surface area contributed by atoms with Crippen LogP contribution in [0.25, 0.3) is 0 Å². The van der Waals surface area contributed by atoms with Gasteiger partial charge in [-0.2, -0.15) is 0 Å². The first-order valence-corrected chi connectivity index (χ1v) is 8.95.